The third-order valence-electron chi connectivity index (χ3n) is 20.0. The van der Waals surface area contributed by atoms with E-state index in [0.29, 0.717) is 103 Å². The molecule has 2 N–H and O–H groups in total. The number of carboxylic acids is 1. The number of nitrogens with zero attached hydrogens (tertiary/aromatic N) is 12. The molecule has 30 heteroatoms. The number of anilines is 4. The second-order valence-corrected chi connectivity index (χ2v) is 30.8. The van der Waals surface area contributed by atoms with Gasteiger partial charge < -0.3 is 62.4 Å². The number of hydrogen-bond acceptors (Lipinski definition) is 18. The van der Waals surface area contributed by atoms with E-state index in [-0.39, 0.29) is 124 Å². The van der Waals surface area contributed by atoms with Gasteiger partial charge >= 0.3 is 41.5 Å². The Balaban J connectivity index is 0.000000195. The van der Waals surface area contributed by atoms with Gasteiger partial charge in [-0.25, -0.2) is 37.1 Å². The van der Waals surface area contributed by atoms with Gasteiger partial charge in [-0.15, -0.1) is 0 Å². The van der Waals surface area contributed by atoms with Crippen LogP contribution >= 0.6 is 15.0 Å². The Bertz CT molecular complexity index is 4850. The van der Waals surface area contributed by atoms with Gasteiger partial charge in [-0.1, -0.05) is 0 Å². The molecule has 14 rings (SSSR count). The third-order valence-corrected chi connectivity index (χ3v) is 24.1. The molecule has 4 aliphatic heterocycles. The first-order chi connectivity index (χ1) is 45.7. The summed E-state index contributed by atoms with van der Waals surface area (Å²) in [4.78, 5) is 79.3. The number of pyridine rings is 6. The number of halogens is 4. The molecule has 23 nitrogen and oxygen atoms in total. The van der Waals surface area contributed by atoms with Crippen molar-refractivity contribution in [3.05, 3.63) is 139 Å². The number of carbonyl (C=O) groups is 2. The summed E-state index contributed by atoms with van der Waals surface area (Å²) in [5.74, 6) is -5.48. The summed E-state index contributed by atoms with van der Waals surface area (Å²) in [6.07, 6.45) is 11.5. The SMILES string of the molecule is CCOC(=O)c1cn(C)c2ncc(-c3cnc4c(c3N3CC[C@@H]5CN(C)C[C@@H]53)-c3c(F)c(F)cc(N(C)P(C)(=O)OCC)c3C4)cc2c1=O.CCOP(C)(=O)N(C)c1cc(F)c(F)c2c1Cc1ncc(-c3cnc4c(c3)c(=O)c(C(=O)O)cn4C)c(N3CC[C@@H]4CN(C)C[C@@H]43)c1-2.[Na+].[OH-]. The van der Waals surface area contributed by atoms with Crippen molar-refractivity contribution in [1.82, 2.24) is 38.9 Å². The van der Waals surface area contributed by atoms with Crippen LogP contribution in [-0.2, 0) is 49.9 Å². The molecule has 10 heterocycles. The van der Waals surface area contributed by atoms with Crippen molar-refractivity contribution in [2.75, 3.05) is 120 Å². The molecule has 6 aromatic heterocycles. The van der Waals surface area contributed by atoms with Gasteiger partial charge in [-0.05, 0) is 82.8 Å². The summed E-state index contributed by atoms with van der Waals surface area (Å²) in [5.41, 5.74) is 6.25. The van der Waals surface area contributed by atoms with E-state index in [0.717, 1.165) is 51.2 Å². The molecule has 6 aliphatic rings. The normalized spacial score (nSPS) is 19.3. The molecule has 2 aliphatic carbocycles. The Morgan fingerprint density at radius 2 is 1.01 bits per heavy atom. The fraction of sp³-hybridized carbons (Fsp3) is 0.412. The first kappa shape index (κ1) is 71.9. The van der Waals surface area contributed by atoms with Gasteiger partial charge in [-0.2, -0.15) is 0 Å². The van der Waals surface area contributed by atoms with Crippen molar-refractivity contribution in [3.8, 4) is 44.5 Å². The molecule has 4 fully saturated rings. The molecule has 0 radical (unpaired) electrons. The van der Waals surface area contributed by atoms with E-state index in [1.807, 2.05) is 0 Å². The number of aromatic nitrogens is 6. The van der Waals surface area contributed by atoms with E-state index in [2.05, 4.69) is 43.7 Å². The van der Waals surface area contributed by atoms with Crippen LogP contribution in [0.2, 0.25) is 0 Å². The smallest absolute Gasteiger partial charge is 0.870 e. The number of rotatable bonds is 15. The summed E-state index contributed by atoms with van der Waals surface area (Å²) >= 11 is 0. The molecule has 0 spiro atoms. The summed E-state index contributed by atoms with van der Waals surface area (Å²) in [7, 11) is 3.79. The van der Waals surface area contributed by atoms with Crippen molar-refractivity contribution < 1.29 is 90.2 Å². The molecule has 0 saturated carbocycles. The van der Waals surface area contributed by atoms with Crippen LogP contribution in [0.25, 0.3) is 66.6 Å². The van der Waals surface area contributed by atoms with E-state index in [1.165, 1.54) is 39.6 Å². The van der Waals surface area contributed by atoms with Crippen LogP contribution < -0.4 is 59.6 Å². The average Bonchev–Trinajstić information content (AvgIpc) is 1.54. The molecule has 98 heavy (non-hydrogen) atoms. The molecule has 2 aromatic carbocycles. The van der Waals surface area contributed by atoms with Crippen molar-refractivity contribution in [3.63, 3.8) is 0 Å². The largest absolute Gasteiger partial charge is 1.00 e. The van der Waals surface area contributed by atoms with Crippen molar-refractivity contribution >= 4 is 71.8 Å². The van der Waals surface area contributed by atoms with E-state index < -0.39 is 61.1 Å². The molecular formula is C68H75F4N12NaO11P2. The van der Waals surface area contributed by atoms with Gasteiger partial charge in [0.2, 0.25) is 10.9 Å². The molecule has 0 amide bonds. The topological polar surface area (TPSA) is 261 Å². The maximum atomic E-state index is 16.2. The summed E-state index contributed by atoms with van der Waals surface area (Å²) < 4.78 is 113. The van der Waals surface area contributed by atoms with Crippen LogP contribution in [0.15, 0.2) is 71.0 Å². The molecule has 512 valence electrons. The number of benzene rings is 2. The zero-order chi connectivity index (χ0) is 68.5. The van der Waals surface area contributed by atoms with Crippen molar-refractivity contribution in [2.45, 2.75) is 58.5 Å². The van der Waals surface area contributed by atoms with Crippen LogP contribution in [0.3, 0.4) is 0 Å². The fourth-order valence-electron chi connectivity index (χ4n) is 15.5. The van der Waals surface area contributed by atoms with Crippen LogP contribution in [-0.4, -0.2) is 174 Å². The molecule has 8 aromatic rings. The second-order valence-electron chi connectivity index (χ2n) is 25.9. The van der Waals surface area contributed by atoms with Gasteiger partial charge in [0.1, 0.15) is 22.4 Å². The average molecular weight is 1400 g/mol. The van der Waals surface area contributed by atoms with Gasteiger partial charge in [0.25, 0.3) is 15.0 Å². The Hall–Kier alpha value is -7.42. The van der Waals surface area contributed by atoms with Crippen LogP contribution in [0.4, 0.5) is 40.3 Å². The number of carbonyl (C=O) groups excluding carboxylic acids is 1. The number of esters is 1. The Morgan fingerprint density at radius 3 is 1.41 bits per heavy atom. The number of carboxylic acid groups (broad SMARTS) is 1. The Kier molecular flexibility index (Phi) is 20.0. The van der Waals surface area contributed by atoms with Crippen LogP contribution in [0.5, 0.6) is 0 Å². The standard InChI is InChI=1S/C35H39F2N6O5P.C33H35F2N6O5P.Na.H2O/c1-7-47-35(45)24-17-41(4)34-22(33(24)44)11-20(14-39-34)23-15-38-26-12-21-27(42(5)49(6,46)48-8-2)13-25(36)31(37)29(21)30(26)32(23)43-10-9-19-16-40(3)18-28(19)43;1-6-46-47(5,45)40(4)25-11-23(34)29(35)27-19(25)10-24-28(27)30(41-8-7-17-14-38(2)16-26(17)41)21(13-36-24)18-9-20-31(42)22(33(43)44)15-39(3)32(20)37-12-18;;/h11,13-15,17,19,28H,7-10,12,16,18H2,1-6H3;9,11-13,15,17,26H,6-8,10,14,16H2,1-5H3,(H,43,44);;1H2/q;;+1;/p-1/t19-,28+,49?;17-,26+,47?;;/m11../s1. The minimum Gasteiger partial charge on any atom is -0.870 e. The predicted molar refractivity (Wildman–Crippen MR) is 362 cm³/mol. The maximum absolute atomic E-state index is 16.2. The minimum absolute atomic E-state index is 0. The number of hydrogen-bond donors (Lipinski definition) is 1. The van der Waals surface area contributed by atoms with Crippen molar-refractivity contribution in [1.29, 1.82) is 0 Å². The fourth-order valence-corrected chi connectivity index (χ4v) is 17.9. The first-order valence-corrected chi connectivity index (χ1v) is 36.0. The summed E-state index contributed by atoms with van der Waals surface area (Å²) in [6.45, 7) is 13.3. The van der Waals surface area contributed by atoms with E-state index in [4.69, 9.17) is 23.8 Å². The quantitative estimate of drug-likeness (QED) is 0.0458. The van der Waals surface area contributed by atoms with Gasteiger partial charge in [-0.3, -0.25) is 28.7 Å². The minimum atomic E-state index is -3.40. The summed E-state index contributed by atoms with van der Waals surface area (Å²) in [6, 6.07) is 5.64. The van der Waals surface area contributed by atoms with E-state index in [1.54, 1.807) is 90.4 Å². The zero-order valence-electron chi connectivity index (χ0n) is 56.6. The van der Waals surface area contributed by atoms with Gasteiger partial charge in [0, 0.05) is 200 Å². The second kappa shape index (κ2) is 27.3. The molecule has 2 unspecified atom stereocenters. The number of likely N-dealkylation sites (N-methyl/N-ethyl adjacent to an activating group) is 2. The van der Waals surface area contributed by atoms with Gasteiger partial charge in [0.15, 0.2) is 23.3 Å². The first-order valence-electron chi connectivity index (χ1n) is 32.0. The zero-order valence-corrected chi connectivity index (χ0v) is 60.4. The number of likely N-dealkylation sites (tertiary alicyclic amines) is 2. The molecule has 4 saturated heterocycles. The van der Waals surface area contributed by atoms with E-state index >= 15 is 17.6 Å². The number of ether oxygens (including phenoxy) is 1. The number of fused-ring (bicyclic) bond motifs is 10. The van der Waals surface area contributed by atoms with Gasteiger partial charge in [0.05, 0.1) is 64.7 Å². The Labute approximate surface area is 584 Å². The summed E-state index contributed by atoms with van der Waals surface area (Å²) in [5, 5.41) is 10.0. The maximum Gasteiger partial charge on any atom is 1.00 e. The predicted octanol–water partition coefficient (Wildman–Crippen LogP) is 7.26. The molecule has 0 bridgehead atoms. The number of aromatic carboxylic acids is 1. The monoisotopic (exact) mass is 1400 g/mol. The van der Waals surface area contributed by atoms with Crippen LogP contribution in [0, 0.1) is 35.1 Å². The van der Waals surface area contributed by atoms with Crippen LogP contribution in [0.1, 0.15) is 76.8 Å². The molecular weight excluding hydrogens is 1320 g/mol. The van der Waals surface area contributed by atoms with E-state index in [9.17, 15) is 33.4 Å². The van der Waals surface area contributed by atoms with Crippen molar-refractivity contribution in [2.24, 2.45) is 25.9 Å². The Morgan fingerprint density at radius 1 is 0.602 bits per heavy atom. The number of aryl methyl sites for hydroxylation is 2. The molecule has 6 atom stereocenters. The third kappa shape index (κ3) is 12.0.